The lowest BCUT2D eigenvalue weighted by atomic mass is 9.71. The van der Waals surface area contributed by atoms with E-state index in [0.717, 1.165) is 25.9 Å². The normalized spacial score (nSPS) is 24.4. The zero-order valence-electron chi connectivity index (χ0n) is 13.1. The second-order valence-corrected chi connectivity index (χ2v) is 6.47. The number of carbonyl (C=O) groups excluding carboxylic acids is 1. The summed E-state index contributed by atoms with van der Waals surface area (Å²) >= 11 is 0. The number of nitrogens with zero attached hydrogens (tertiary/aromatic N) is 1. The summed E-state index contributed by atoms with van der Waals surface area (Å²) in [6, 6.07) is 6.38. The number of ether oxygens (including phenoxy) is 1. The molecule has 0 radical (unpaired) electrons. The van der Waals surface area contributed by atoms with E-state index >= 15 is 0 Å². The maximum absolute atomic E-state index is 13.5. The monoisotopic (exact) mass is 322 g/mol. The highest BCUT2D eigenvalue weighted by atomic mass is 19.1. The molecule has 2 N–H and O–H groups in total. The smallest absolute Gasteiger partial charge is 0.226 e. The van der Waals surface area contributed by atoms with Gasteiger partial charge in [-0.1, -0.05) is 12.1 Å². The molecule has 1 unspecified atom stereocenters. The van der Waals surface area contributed by atoms with Gasteiger partial charge in [0.25, 0.3) is 0 Å². The van der Waals surface area contributed by atoms with Gasteiger partial charge >= 0.3 is 0 Å². The van der Waals surface area contributed by atoms with E-state index in [1.54, 1.807) is 18.2 Å². The topological polar surface area (TPSA) is 61.8 Å². The van der Waals surface area contributed by atoms with E-state index in [4.69, 9.17) is 4.74 Å². The Kier molecular flexibility index (Phi) is 4.82. The van der Waals surface area contributed by atoms with Crippen LogP contribution in [0.1, 0.15) is 19.3 Å². The lowest BCUT2D eigenvalue weighted by molar-refractivity contribution is -0.140. The van der Waals surface area contributed by atoms with Gasteiger partial charge < -0.3 is 15.2 Å². The highest BCUT2D eigenvalue weighted by Gasteiger charge is 2.45. The van der Waals surface area contributed by atoms with Gasteiger partial charge in [-0.3, -0.25) is 9.69 Å². The van der Waals surface area contributed by atoms with Gasteiger partial charge in [0, 0.05) is 13.1 Å². The molecule has 0 saturated carbocycles. The number of carbonyl (C=O) groups is 1. The molecule has 1 aromatic rings. The molecule has 23 heavy (non-hydrogen) atoms. The first kappa shape index (κ1) is 16.2. The number of aliphatic hydroxyl groups is 1. The van der Waals surface area contributed by atoms with Crippen LogP contribution < -0.4 is 10.1 Å². The van der Waals surface area contributed by atoms with Crippen molar-refractivity contribution in [3.63, 3.8) is 0 Å². The fourth-order valence-electron chi connectivity index (χ4n) is 3.50. The fraction of sp³-hybridized carbons (Fsp3) is 0.588. The maximum atomic E-state index is 13.5. The molecule has 2 fully saturated rings. The molecule has 0 aliphatic carbocycles. The minimum Gasteiger partial charge on any atom is -0.489 e. The minimum absolute atomic E-state index is 0.0741. The summed E-state index contributed by atoms with van der Waals surface area (Å²) in [5, 5.41) is 12.6. The third-order valence-corrected chi connectivity index (χ3v) is 4.92. The van der Waals surface area contributed by atoms with E-state index in [2.05, 4.69) is 10.2 Å². The third kappa shape index (κ3) is 3.64. The summed E-state index contributed by atoms with van der Waals surface area (Å²) in [6.07, 6.45) is 1.60. The van der Waals surface area contributed by atoms with Gasteiger partial charge in [0.1, 0.15) is 6.61 Å². The first-order valence-electron chi connectivity index (χ1n) is 8.15. The van der Waals surface area contributed by atoms with Gasteiger partial charge in [-0.15, -0.1) is 0 Å². The Labute approximate surface area is 135 Å². The van der Waals surface area contributed by atoms with Crippen molar-refractivity contribution in [2.75, 3.05) is 32.8 Å². The molecule has 6 heteroatoms. The molecule has 126 valence electrons. The highest BCUT2D eigenvalue weighted by Crippen LogP contribution is 2.38. The summed E-state index contributed by atoms with van der Waals surface area (Å²) in [7, 11) is 0. The third-order valence-electron chi connectivity index (χ3n) is 4.92. The number of nitrogens with one attached hydrogen (secondary N) is 1. The van der Waals surface area contributed by atoms with Crippen molar-refractivity contribution in [3.05, 3.63) is 30.1 Å². The predicted molar refractivity (Wildman–Crippen MR) is 83.6 cm³/mol. The van der Waals surface area contributed by atoms with Crippen LogP contribution in [0.4, 0.5) is 4.39 Å². The van der Waals surface area contributed by atoms with Crippen LogP contribution >= 0.6 is 0 Å². The Bertz CT molecular complexity index is 559. The van der Waals surface area contributed by atoms with Crippen LogP contribution in [0, 0.1) is 11.2 Å². The predicted octanol–water partition coefficient (Wildman–Crippen LogP) is 1.17. The molecule has 1 spiro atoms. The van der Waals surface area contributed by atoms with E-state index in [1.807, 2.05) is 0 Å². The van der Waals surface area contributed by atoms with Gasteiger partial charge in [-0.25, -0.2) is 4.39 Å². The number of para-hydroxylation sites is 1. The van der Waals surface area contributed by atoms with E-state index in [-0.39, 0.29) is 17.5 Å². The fourth-order valence-corrected chi connectivity index (χ4v) is 3.50. The molecule has 1 atom stereocenters. The molecule has 1 amide bonds. The van der Waals surface area contributed by atoms with Crippen molar-refractivity contribution in [3.8, 4) is 5.75 Å². The van der Waals surface area contributed by atoms with Crippen LogP contribution in [0.15, 0.2) is 24.3 Å². The van der Waals surface area contributed by atoms with Crippen molar-refractivity contribution >= 4 is 5.91 Å². The largest absolute Gasteiger partial charge is 0.489 e. The molecule has 2 aliphatic heterocycles. The minimum atomic E-state index is -0.441. The van der Waals surface area contributed by atoms with Gasteiger partial charge in [-0.05, 0) is 44.5 Å². The molecule has 5 nitrogen and oxygen atoms in total. The van der Waals surface area contributed by atoms with E-state index in [1.165, 1.54) is 6.07 Å². The molecule has 2 saturated heterocycles. The number of benzene rings is 1. The first-order chi connectivity index (χ1) is 11.1. The summed E-state index contributed by atoms with van der Waals surface area (Å²) in [6.45, 7) is 3.07. The molecular weight excluding hydrogens is 299 g/mol. The number of hydrogen-bond acceptors (Lipinski definition) is 4. The van der Waals surface area contributed by atoms with Gasteiger partial charge in [0.15, 0.2) is 11.6 Å². The number of likely N-dealkylation sites (tertiary alicyclic amines) is 1. The number of hydrogen-bond donors (Lipinski definition) is 2. The van der Waals surface area contributed by atoms with Crippen LogP contribution in [0.3, 0.4) is 0 Å². The first-order valence-corrected chi connectivity index (χ1v) is 8.15. The molecule has 0 bridgehead atoms. The molecular formula is C17H23FN2O3. The lowest BCUT2D eigenvalue weighted by Gasteiger charge is -2.44. The quantitative estimate of drug-likeness (QED) is 0.873. The molecule has 2 aliphatic rings. The van der Waals surface area contributed by atoms with Gasteiger partial charge in [0.2, 0.25) is 5.91 Å². The summed E-state index contributed by atoms with van der Waals surface area (Å²) < 4.78 is 18.9. The number of rotatable bonds is 4. The van der Waals surface area contributed by atoms with E-state index in [0.29, 0.717) is 26.1 Å². The van der Waals surface area contributed by atoms with Gasteiger partial charge in [0.05, 0.1) is 11.5 Å². The Morgan fingerprint density at radius 1 is 1.35 bits per heavy atom. The average Bonchev–Trinajstić information content (AvgIpc) is 2.55. The van der Waals surface area contributed by atoms with Crippen molar-refractivity contribution in [1.82, 2.24) is 10.2 Å². The van der Waals surface area contributed by atoms with Crippen LogP contribution in [-0.2, 0) is 4.79 Å². The number of β-amino-alcohol motifs (C(OH)–C–C–N with tert-alkyl or cyclic N) is 1. The summed E-state index contributed by atoms with van der Waals surface area (Å²) in [5.41, 5.74) is -0.416. The Morgan fingerprint density at radius 3 is 2.83 bits per heavy atom. The van der Waals surface area contributed by atoms with Crippen molar-refractivity contribution in [1.29, 1.82) is 0 Å². The lowest BCUT2D eigenvalue weighted by Crippen LogP contribution is -2.56. The number of aliphatic hydroxyl groups excluding tert-OH is 1. The Morgan fingerprint density at radius 2 is 2.09 bits per heavy atom. The van der Waals surface area contributed by atoms with Crippen molar-refractivity contribution in [2.45, 2.75) is 25.4 Å². The van der Waals surface area contributed by atoms with Crippen LogP contribution in [-0.4, -0.2) is 54.8 Å². The number of amides is 1. The second-order valence-electron chi connectivity index (χ2n) is 6.47. The standard InChI is InChI=1S/C17H23FN2O3/c18-14-3-1-2-4-15(14)23-10-9-20-7-5-17(6-8-20)11-13(21)12-19-16(17)22/h1-4,13,21H,5-12H2,(H,19,22). The highest BCUT2D eigenvalue weighted by molar-refractivity contribution is 5.83. The average molecular weight is 322 g/mol. The van der Waals surface area contributed by atoms with E-state index in [9.17, 15) is 14.3 Å². The van der Waals surface area contributed by atoms with Crippen LogP contribution in [0.5, 0.6) is 5.75 Å². The van der Waals surface area contributed by atoms with Gasteiger partial charge in [-0.2, -0.15) is 0 Å². The zero-order valence-corrected chi connectivity index (χ0v) is 13.1. The number of halogens is 1. The van der Waals surface area contributed by atoms with Crippen LogP contribution in [0.25, 0.3) is 0 Å². The molecule has 3 rings (SSSR count). The second kappa shape index (κ2) is 6.84. The molecule has 2 heterocycles. The van der Waals surface area contributed by atoms with Crippen molar-refractivity contribution < 1.29 is 19.0 Å². The number of piperidine rings is 2. The summed E-state index contributed by atoms with van der Waals surface area (Å²) in [5.74, 6) is -0.00113. The van der Waals surface area contributed by atoms with Crippen LogP contribution in [0.2, 0.25) is 0 Å². The van der Waals surface area contributed by atoms with Crippen molar-refractivity contribution in [2.24, 2.45) is 5.41 Å². The SMILES string of the molecule is O=C1NCC(O)CC12CCN(CCOc1ccccc1F)CC2. The van der Waals surface area contributed by atoms with E-state index < -0.39 is 11.5 Å². The summed E-state index contributed by atoms with van der Waals surface area (Å²) in [4.78, 5) is 14.4. The Balaban J connectivity index is 1.46. The zero-order chi connectivity index (χ0) is 16.3. The molecule has 0 aromatic heterocycles. The Hall–Kier alpha value is -1.66. The maximum Gasteiger partial charge on any atom is 0.226 e. The molecule has 1 aromatic carbocycles.